The molecule has 0 unspecified atom stereocenters. The van der Waals surface area contributed by atoms with Gasteiger partial charge in [0.05, 0.1) is 16.3 Å². The molecule has 8 heteroatoms. The van der Waals surface area contributed by atoms with Crippen LogP contribution in [0.2, 0.25) is 5.02 Å². The molecule has 1 aromatic heterocycles. The third-order valence-electron chi connectivity index (χ3n) is 4.32. The number of benzene rings is 2. The van der Waals surface area contributed by atoms with Crippen molar-refractivity contribution in [1.29, 1.82) is 5.26 Å². The van der Waals surface area contributed by atoms with Crippen LogP contribution in [0.4, 0.5) is 5.69 Å². The first-order chi connectivity index (χ1) is 13.7. The minimum absolute atomic E-state index is 0.179. The van der Waals surface area contributed by atoms with E-state index >= 15 is 0 Å². The fraction of sp³-hybridized carbons (Fsp3) is 0.200. The molecule has 1 amide bonds. The fourth-order valence-electron chi connectivity index (χ4n) is 2.81. The Hall–Kier alpha value is -2.82. The zero-order valence-corrected chi connectivity index (χ0v) is 16.4. The number of nitrogens with zero attached hydrogens (tertiary/aromatic N) is 4. The Bertz CT molecular complexity index is 1060. The lowest BCUT2D eigenvalue weighted by Gasteiger charge is -2.10. The zero-order chi connectivity index (χ0) is 19.5. The maximum Gasteiger partial charge on any atom is 0.234 e. The van der Waals surface area contributed by atoms with Crippen molar-refractivity contribution in [3.63, 3.8) is 0 Å². The SMILES string of the molecule is N#Cc1ccc(NC(=O)CSc2nnc(C3CC3)n2-c2ccccc2)cc1Cl. The van der Waals surface area contributed by atoms with Gasteiger partial charge in [-0.3, -0.25) is 9.36 Å². The van der Waals surface area contributed by atoms with Crippen molar-refractivity contribution in [3.8, 4) is 11.8 Å². The van der Waals surface area contributed by atoms with Gasteiger partial charge in [-0.15, -0.1) is 10.2 Å². The van der Waals surface area contributed by atoms with E-state index in [0.29, 0.717) is 27.3 Å². The van der Waals surface area contributed by atoms with Gasteiger partial charge in [-0.25, -0.2) is 0 Å². The van der Waals surface area contributed by atoms with E-state index in [1.54, 1.807) is 18.2 Å². The molecule has 4 rings (SSSR count). The van der Waals surface area contributed by atoms with Crippen LogP contribution in [-0.4, -0.2) is 26.4 Å². The first kappa shape index (κ1) is 18.5. The van der Waals surface area contributed by atoms with Gasteiger partial charge in [0.25, 0.3) is 0 Å². The summed E-state index contributed by atoms with van der Waals surface area (Å²) in [5, 5.41) is 21.4. The maximum absolute atomic E-state index is 12.4. The Balaban J connectivity index is 1.47. The second-order valence-corrected chi connectivity index (χ2v) is 7.78. The first-order valence-electron chi connectivity index (χ1n) is 8.78. The number of rotatable bonds is 6. The molecule has 0 radical (unpaired) electrons. The smallest absolute Gasteiger partial charge is 0.234 e. The Morgan fingerprint density at radius 2 is 2.04 bits per heavy atom. The van der Waals surface area contributed by atoms with Crippen LogP contribution in [-0.2, 0) is 4.79 Å². The van der Waals surface area contributed by atoms with Crippen molar-refractivity contribution in [1.82, 2.24) is 14.8 Å². The van der Waals surface area contributed by atoms with Crippen molar-refractivity contribution in [3.05, 3.63) is 64.9 Å². The largest absolute Gasteiger partial charge is 0.325 e. The number of anilines is 1. The van der Waals surface area contributed by atoms with Gasteiger partial charge in [-0.1, -0.05) is 41.6 Å². The van der Waals surface area contributed by atoms with Crippen molar-refractivity contribution in [2.45, 2.75) is 23.9 Å². The van der Waals surface area contributed by atoms with Crippen molar-refractivity contribution in [2.75, 3.05) is 11.1 Å². The van der Waals surface area contributed by atoms with Crippen LogP contribution in [0.25, 0.3) is 5.69 Å². The van der Waals surface area contributed by atoms with Gasteiger partial charge < -0.3 is 5.32 Å². The van der Waals surface area contributed by atoms with E-state index in [1.807, 2.05) is 41.0 Å². The molecule has 1 aliphatic carbocycles. The molecule has 6 nitrogen and oxygen atoms in total. The molecule has 0 saturated heterocycles. The highest BCUT2D eigenvalue weighted by atomic mass is 35.5. The number of para-hydroxylation sites is 1. The summed E-state index contributed by atoms with van der Waals surface area (Å²) < 4.78 is 2.04. The summed E-state index contributed by atoms with van der Waals surface area (Å²) in [6.07, 6.45) is 2.24. The lowest BCUT2D eigenvalue weighted by Crippen LogP contribution is -2.14. The van der Waals surface area contributed by atoms with Crippen LogP contribution in [0.3, 0.4) is 0 Å². The summed E-state index contributed by atoms with van der Waals surface area (Å²) in [4.78, 5) is 12.4. The topological polar surface area (TPSA) is 83.6 Å². The molecule has 0 aliphatic heterocycles. The number of amides is 1. The van der Waals surface area contributed by atoms with Crippen LogP contribution >= 0.6 is 23.4 Å². The molecule has 28 heavy (non-hydrogen) atoms. The fourth-order valence-corrected chi connectivity index (χ4v) is 3.79. The number of nitrogens with one attached hydrogen (secondary N) is 1. The van der Waals surface area contributed by atoms with E-state index in [0.717, 1.165) is 24.4 Å². The van der Waals surface area contributed by atoms with E-state index in [2.05, 4.69) is 15.5 Å². The van der Waals surface area contributed by atoms with Gasteiger partial charge in [0, 0.05) is 17.3 Å². The molecule has 1 fully saturated rings. The summed E-state index contributed by atoms with van der Waals surface area (Å²) in [6.45, 7) is 0. The molecule has 1 N–H and O–H groups in total. The highest BCUT2D eigenvalue weighted by Gasteiger charge is 2.31. The standard InChI is InChI=1S/C20H16ClN5OS/c21-17-10-15(9-8-14(17)11-22)23-18(27)12-28-20-25-24-19(13-6-7-13)26(20)16-4-2-1-3-5-16/h1-5,8-10,13H,6-7,12H2,(H,23,27). The van der Waals surface area contributed by atoms with Gasteiger partial charge in [-0.05, 0) is 43.2 Å². The monoisotopic (exact) mass is 409 g/mol. The summed E-state index contributed by atoms with van der Waals surface area (Å²) in [7, 11) is 0. The Morgan fingerprint density at radius 1 is 1.25 bits per heavy atom. The molecule has 1 heterocycles. The Kier molecular flexibility index (Phi) is 5.33. The van der Waals surface area contributed by atoms with Gasteiger partial charge in [0.2, 0.25) is 5.91 Å². The summed E-state index contributed by atoms with van der Waals surface area (Å²) in [6, 6.07) is 16.7. The molecule has 0 bridgehead atoms. The molecule has 1 saturated carbocycles. The Labute approximate surface area is 171 Å². The highest BCUT2D eigenvalue weighted by molar-refractivity contribution is 7.99. The molecular weight excluding hydrogens is 394 g/mol. The van der Waals surface area contributed by atoms with E-state index in [4.69, 9.17) is 16.9 Å². The third kappa shape index (κ3) is 4.03. The predicted molar refractivity (Wildman–Crippen MR) is 109 cm³/mol. The minimum Gasteiger partial charge on any atom is -0.325 e. The van der Waals surface area contributed by atoms with E-state index in [1.165, 1.54) is 11.8 Å². The summed E-state index contributed by atoms with van der Waals surface area (Å²) >= 11 is 7.35. The van der Waals surface area contributed by atoms with Gasteiger partial charge in [0.15, 0.2) is 5.16 Å². The van der Waals surface area contributed by atoms with Crippen molar-refractivity contribution >= 4 is 35.0 Å². The van der Waals surface area contributed by atoms with Gasteiger partial charge >= 0.3 is 0 Å². The average molecular weight is 410 g/mol. The summed E-state index contributed by atoms with van der Waals surface area (Å²) in [5.41, 5.74) is 1.92. The lowest BCUT2D eigenvalue weighted by atomic mass is 10.2. The van der Waals surface area contributed by atoms with Crippen molar-refractivity contribution in [2.24, 2.45) is 0 Å². The quantitative estimate of drug-likeness (QED) is 0.610. The van der Waals surface area contributed by atoms with Crippen molar-refractivity contribution < 1.29 is 4.79 Å². The summed E-state index contributed by atoms with van der Waals surface area (Å²) in [5.74, 6) is 1.40. The first-order valence-corrected chi connectivity index (χ1v) is 10.1. The molecular formula is C20H16ClN5OS. The molecule has 2 aromatic carbocycles. The predicted octanol–water partition coefficient (Wildman–Crippen LogP) is 4.40. The number of hydrogen-bond donors (Lipinski definition) is 1. The van der Waals surface area contributed by atoms with E-state index in [9.17, 15) is 4.79 Å². The highest BCUT2D eigenvalue weighted by Crippen LogP contribution is 2.41. The number of carbonyl (C=O) groups excluding carboxylic acids is 1. The van der Waals surface area contributed by atoms with Crippen LogP contribution in [0.15, 0.2) is 53.7 Å². The second kappa shape index (κ2) is 8.05. The van der Waals surface area contributed by atoms with Crippen LogP contribution in [0.5, 0.6) is 0 Å². The third-order valence-corrected chi connectivity index (χ3v) is 5.56. The number of carbonyl (C=O) groups is 1. The molecule has 1 aliphatic rings. The molecule has 3 aromatic rings. The molecule has 0 atom stereocenters. The van der Waals surface area contributed by atoms with Gasteiger partial charge in [0.1, 0.15) is 11.9 Å². The maximum atomic E-state index is 12.4. The van der Waals surface area contributed by atoms with Crippen LogP contribution in [0, 0.1) is 11.3 Å². The molecule has 140 valence electrons. The number of hydrogen-bond acceptors (Lipinski definition) is 5. The molecule has 0 spiro atoms. The second-order valence-electron chi connectivity index (χ2n) is 6.43. The minimum atomic E-state index is -0.179. The van der Waals surface area contributed by atoms with E-state index < -0.39 is 0 Å². The number of aromatic nitrogens is 3. The van der Waals surface area contributed by atoms with Crippen LogP contribution in [0.1, 0.15) is 30.1 Å². The zero-order valence-electron chi connectivity index (χ0n) is 14.8. The number of halogens is 1. The van der Waals surface area contributed by atoms with Crippen LogP contribution < -0.4 is 5.32 Å². The Morgan fingerprint density at radius 3 is 2.71 bits per heavy atom. The lowest BCUT2D eigenvalue weighted by molar-refractivity contribution is -0.113. The number of nitriles is 1. The van der Waals surface area contributed by atoms with Gasteiger partial charge in [-0.2, -0.15) is 5.26 Å². The van der Waals surface area contributed by atoms with E-state index in [-0.39, 0.29) is 11.7 Å². The average Bonchev–Trinajstić information content (AvgIpc) is 3.46. The number of thioether (sulfide) groups is 1. The normalized spacial score (nSPS) is 13.1.